The summed E-state index contributed by atoms with van der Waals surface area (Å²) in [5.74, 6) is -1.65. The van der Waals surface area contributed by atoms with Crippen molar-refractivity contribution in [3.63, 3.8) is 0 Å². The van der Waals surface area contributed by atoms with Gasteiger partial charge in [-0.15, -0.1) is 0 Å². The number of unbranched alkanes of at least 4 members (excludes halogenated alkanes) is 2. The van der Waals surface area contributed by atoms with Gasteiger partial charge in [0.25, 0.3) is 0 Å². The second kappa shape index (κ2) is 35.7. The maximum Gasteiger partial charge on any atom is 0.222 e. The van der Waals surface area contributed by atoms with E-state index in [4.69, 9.17) is 28.4 Å². The summed E-state index contributed by atoms with van der Waals surface area (Å²) in [4.78, 5) is 74.6. The lowest BCUT2D eigenvalue weighted by molar-refractivity contribution is -0.270. The highest BCUT2D eigenvalue weighted by molar-refractivity contribution is 5.79. The first-order chi connectivity index (χ1) is 30.7. The van der Waals surface area contributed by atoms with Crippen LogP contribution in [-0.4, -0.2) is 179 Å². The number of carbonyl (C=O) groups is 6. The minimum absolute atomic E-state index is 0.00646. The van der Waals surface area contributed by atoms with Crippen LogP contribution in [-0.2, 0) is 57.2 Å². The average molecular weight is 921 g/mol. The molecule has 64 heavy (non-hydrogen) atoms. The minimum atomic E-state index is -1.41. The van der Waals surface area contributed by atoms with Crippen LogP contribution < -0.4 is 31.9 Å². The Bertz CT molecular complexity index is 1300. The van der Waals surface area contributed by atoms with Gasteiger partial charge in [-0.2, -0.15) is 0 Å². The molecule has 0 bridgehead atoms. The number of rotatable bonds is 38. The maximum absolute atomic E-state index is 13.4. The van der Waals surface area contributed by atoms with E-state index in [-0.39, 0.29) is 120 Å². The van der Waals surface area contributed by atoms with Crippen molar-refractivity contribution >= 4 is 35.4 Å². The minimum Gasteiger partial charge on any atom is -0.394 e. The lowest BCUT2D eigenvalue weighted by Gasteiger charge is -2.42. The van der Waals surface area contributed by atoms with Gasteiger partial charge in [0.2, 0.25) is 35.4 Å². The number of hydrogen-bond donors (Lipinski definition) is 9. The number of ether oxygens (including phenoxy) is 6. The molecule has 21 heteroatoms. The molecule has 372 valence electrons. The summed E-state index contributed by atoms with van der Waals surface area (Å²) in [5, 5.41) is 46.9. The smallest absolute Gasteiger partial charge is 0.222 e. The Morgan fingerprint density at radius 2 is 1.11 bits per heavy atom. The number of aliphatic hydroxyl groups is 3. The second-order valence-electron chi connectivity index (χ2n) is 16.1. The highest BCUT2D eigenvalue weighted by Gasteiger charge is 2.45. The van der Waals surface area contributed by atoms with Gasteiger partial charge in [0.1, 0.15) is 29.9 Å². The Kier molecular flexibility index (Phi) is 32.6. The maximum atomic E-state index is 13.4. The van der Waals surface area contributed by atoms with Crippen molar-refractivity contribution in [2.45, 2.75) is 154 Å². The van der Waals surface area contributed by atoms with Gasteiger partial charge < -0.3 is 75.6 Å². The van der Waals surface area contributed by atoms with Crippen LogP contribution in [0, 0.1) is 0 Å². The first-order valence-electron chi connectivity index (χ1n) is 22.9. The van der Waals surface area contributed by atoms with E-state index in [0.717, 1.165) is 12.8 Å². The lowest BCUT2D eigenvalue weighted by Crippen LogP contribution is -2.64. The fraction of sp³-hybridized carbons (Fsp3) is 0.860. The van der Waals surface area contributed by atoms with Gasteiger partial charge in [0, 0.05) is 78.4 Å². The summed E-state index contributed by atoms with van der Waals surface area (Å²) in [7, 11) is 0. The van der Waals surface area contributed by atoms with Crippen molar-refractivity contribution in [1.82, 2.24) is 31.9 Å². The molecule has 1 fully saturated rings. The third-order valence-corrected chi connectivity index (χ3v) is 9.68. The molecule has 9 N–H and O–H groups in total. The zero-order chi connectivity index (χ0) is 47.6. The molecule has 21 nitrogen and oxygen atoms in total. The molecule has 0 saturated carbocycles. The van der Waals surface area contributed by atoms with Crippen molar-refractivity contribution in [2.24, 2.45) is 0 Å². The second-order valence-corrected chi connectivity index (χ2v) is 16.1. The SMILES string of the molecule is CCCNC(=O)CCOCC(COCCC(=O)NCCC)(COCCC(=O)NCCCCCO[C@@H]1OC(CO)[C@H](O)[C@H](O)C1NC(C)=O)NC(=O)CCCC(=O)NCCCOC(C)C. The van der Waals surface area contributed by atoms with E-state index >= 15 is 0 Å². The monoisotopic (exact) mass is 921 g/mol. The molecule has 5 atom stereocenters. The third kappa shape index (κ3) is 27.7. The van der Waals surface area contributed by atoms with Crippen molar-refractivity contribution in [3.8, 4) is 0 Å². The molecule has 0 radical (unpaired) electrons. The summed E-state index contributed by atoms with van der Waals surface area (Å²) in [6.07, 6.45) is -0.196. The Labute approximate surface area is 378 Å². The number of nitrogens with one attached hydrogen (secondary N) is 6. The summed E-state index contributed by atoms with van der Waals surface area (Å²) < 4.78 is 34.6. The molecule has 2 unspecified atom stereocenters. The number of amides is 6. The van der Waals surface area contributed by atoms with Crippen LogP contribution in [0.15, 0.2) is 0 Å². The van der Waals surface area contributed by atoms with Gasteiger partial charge in [-0.25, -0.2) is 0 Å². The van der Waals surface area contributed by atoms with Crippen LogP contribution in [0.1, 0.15) is 112 Å². The fourth-order valence-corrected chi connectivity index (χ4v) is 6.24. The van der Waals surface area contributed by atoms with E-state index in [0.29, 0.717) is 58.5 Å². The van der Waals surface area contributed by atoms with Gasteiger partial charge in [-0.1, -0.05) is 13.8 Å². The highest BCUT2D eigenvalue weighted by atomic mass is 16.7. The standard InChI is InChI=1S/C43H80N6O15/c1-6-18-44-35(53)15-24-59-28-43(29-60-25-16-36(54)45-19-7-2,49-38(56)14-11-13-34(52)47-21-12-23-62-31(3)4)30-61-26-17-37(55)46-20-9-8-10-22-63-42-39(48-32(5)51)41(58)40(57)33(27-50)64-42/h31,33,39-42,50,57-58H,6-30H2,1-5H3,(H,44,53)(H,45,54)(H,46,55)(H,47,52)(H,48,51)(H,49,56)/t33?,39?,40-,41+,42+/m0/s1. The van der Waals surface area contributed by atoms with Crippen molar-refractivity contribution in [3.05, 3.63) is 0 Å². The van der Waals surface area contributed by atoms with E-state index in [2.05, 4.69) is 31.9 Å². The Balaban J connectivity index is 2.78. The predicted octanol–water partition coefficient (Wildman–Crippen LogP) is -0.538. The molecule has 1 aliphatic heterocycles. The van der Waals surface area contributed by atoms with E-state index in [1.54, 1.807) is 0 Å². The zero-order valence-electron chi connectivity index (χ0n) is 38.9. The topological polar surface area (TPSA) is 291 Å². The van der Waals surface area contributed by atoms with Gasteiger partial charge in [0.05, 0.1) is 52.4 Å². The largest absolute Gasteiger partial charge is 0.394 e. The van der Waals surface area contributed by atoms with Gasteiger partial charge >= 0.3 is 0 Å². The Morgan fingerprint density at radius 3 is 1.61 bits per heavy atom. The molecule has 6 amide bonds. The third-order valence-electron chi connectivity index (χ3n) is 9.68. The summed E-state index contributed by atoms with van der Waals surface area (Å²) in [6, 6.07) is -1.03. The molecule has 0 aromatic heterocycles. The molecule has 1 saturated heterocycles. The number of carbonyl (C=O) groups excluding carboxylic acids is 6. The zero-order valence-corrected chi connectivity index (χ0v) is 38.9. The number of hydrogen-bond acceptors (Lipinski definition) is 15. The van der Waals surface area contributed by atoms with Crippen LogP contribution in [0.2, 0.25) is 0 Å². The quantitative estimate of drug-likeness (QED) is 0.0352. The van der Waals surface area contributed by atoms with Crippen molar-refractivity contribution in [2.75, 3.05) is 85.6 Å². The van der Waals surface area contributed by atoms with E-state index in [1.807, 2.05) is 27.7 Å². The average Bonchev–Trinajstić information content (AvgIpc) is 3.25. The molecule has 0 aromatic rings. The van der Waals surface area contributed by atoms with E-state index in [9.17, 15) is 44.1 Å². The summed E-state index contributed by atoms with van der Waals surface area (Å²) >= 11 is 0. The summed E-state index contributed by atoms with van der Waals surface area (Å²) in [6.45, 7) is 10.8. The molecule has 1 rings (SSSR count). The highest BCUT2D eigenvalue weighted by Crippen LogP contribution is 2.22. The first-order valence-corrected chi connectivity index (χ1v) is 22.9. The van der Waals surface area contributed by atoms with Crippen molar-refractivity contribution < 1.29 is 72.5 Å². The molecular formula is C43H80N6O15. The van der Waals surface area contributed by atoms with Gasteiger partial charge in [-0.3, -0.25) is 28.8 Å². The van der Waals surface area contributed by atoms with Crippen LogP contribution in [0.25, 0.3) is 0 Å². The molecule has 1 heterocycles. The summed E-state index contributed by atoms with van der Waals surface area (Å²) in [5.41, 5.74) is -1.27. The molecular weight excluding hydrogens is 840 g/mol. The van der Waals surface area contributed by atoms with E-state index < -0.39 is 48.7 Å². The normalized spacial score (nSPS) is 18.6. The number of aliphatic hydroxyl groups excluding tert-OH is 3. The van der Waals surface area contributed by atoms with E-state index in [1.165, 1.54) is 6.92 Å². The lowest BCUT2D eigenvalue weighted by atomic mass is 9.97. The first kappa shape index (κ1) is 58.5. The van der Waals surface area contributed by atoms with Crippen LogP contribution in [0.5, 0.6) is 0 Å². The van der Waals surface area contributed by atoms with Crippen LogP contribution in [0.4, 0.5) is 0 Å². The van der Waals surface area contributed by atoms with Gasteiger partial charge in [0.15, 0.2) is 6.29 Å². The molecule has 1 aliphatic rings. The van der Waals surface area contributed by atoms with Crippen LogP contribution >= 0.6 is 0 Å². The Hall–Kier alpha value is -3.54. The molecule has 0 spiro atoms. The molecule has 0 aromatic carbocycles. The Morgan fingerprint density at radius 1 is 0.609 bits per heavy atom. The van der Waals surface area contributed by atoms with Gasteiger partial charge in [-0.05, 0) is 58.8 Å². The predicted molar refractivity (Wildman–Crippen MR) is 235 cm³/mol. The molecule has 0 aliphatic carbocycles. The van der Waals surface area contributed by atoms with Crippen LogP contribution in [0.3, 0.4) is 0 Å². The van der Waals surface area contributed by atoms with Crippen molar-refractivity contribution in [1.29, 1.82) is 0 Å². The fourth-order valence-electron chi connectivity index (χ4n) is 6.24.